The number of para-hydroxylation sites is 2. The Morgan fingerprint density at radius 1 is 1.00 bits per heavy atom. The van der Waals surface area contributed by atoms with Crippen LogP contribution in [0.4, 0.5) is 0 Å². The molecule has 0 saturated carbocycles. The lowest BCUT2D eigenvalue weighted by Gasteiger charge is -2.18. The second-order valence-electron chi connectivity index (χ2n) is 4.48. The fourth-order valence-electron chi connectivity index (χ4n) is 2.49. The maximum atomic E-state index is 4.48. The number of rotatable bonds is 3. The van der Waals surface area contributed by atoms with E-state index < -0.39 is 0 Å². The smallest absolute Gasteiger partial charge is 0.0964 e. The molecular formula is C16H16N2. The molecule has 2 aromatic carbocycles. The van der Waals surface area contributed by atoms with Crippen LogP contribution < -0.4 is 0 Å². The Morgan fingerprint density at radius 2 is 1.72 bits per heavy atom. The normalized spacial score (nSPS) is 12.7. The van der Waals surface area contributed by atoms with Crippen molar-refractivity contribution in [3.8, 4) is 0 Å². The number of benzene rings is 2. The largest absolute Gasteiger partial charge is 0.323 e. The van der Waals surface area contributed by atoms with E-state index in [9.17, 15) is 0 Å². The van der Waals surface area contributed by atoms with E-state index in [4.69, 9.17) is 0 Å². The molecule has 3 aromatic rings. The van der Waals surface area contributed by atoms with Gasteiger partial charge in [0.2, 0.25) is 0 Å². The van der Waals surface area contributed by atoms with Crippen LogP contribution in [0.25, 0.3) is 11.0 Å². The highest BCUT2D eigenvalue weighted by Gasteiger charge is 2.13. The molecule has 0 aliphatic rings. The standard InChI is InChI=1S/C16H16N2/c1-2-15(13-8-4-3-5-9-13)18-12-17-14-10-6-7-11-16(14)18/h3-12,15H,2H2,1H3. The summed E-state index contributed by atoms with van der Waals surface area (Å²) < 4.78 is 2.27. The van der Waals surface area contributed by atoms with Gasteiger partial charge in [-0.2, -0.15) is 0 Å². The van der Waals surface area contributed by atoms with Crippen molar-refractivity contribution in [2.24, 2.45) is 0 Å². The molecule has 0 amide bonds. The zero-order valence-corrected chi connectivity index (χ0v) is 10.5. The summed E-state index contributed by atoms with van der Waals surface area (Å²) in [7, 11) is 0. The van der Waals surface area contributed by atoms with Gasteiger partial charge in [-0.1, -0.05) is 49.4 Å². The predicted molar refractivity (Wildman–Crippen MR) is 74.6 cm³/mol. The number of imidazole rings is 1. The van der Waals surface area contributed by atoms with Gasteiger partial charge in [0.25, 0.3) is 0 Å². The predicted octanol–water partition coefficient (Wildman–Crippen LogP) is 4.04. The summed E-state index contributed by atoms with van der Waals surface area (Å²) in [6, 6.07) is 19.3. The Morgan fingerprint density at radius 3 is 2.50 bits per heavy atom. The van der Waals surface area contributed by atoms with Crippen molar-refractivity contribution in [1.82, 2.24) is 9.55 Å². The first-order valence-electron chi connectivity index (χ1n) is 6.36. The molecule has 3 rings (SSSR count). The van der Waals surface area contributed by atoms with Gasteiger partial charge in [0.1, 0.15) is 0 Å². The molecule has 0 saturated heterocycles. The van der Waals surface area contributed by atoms with Crippen LogP contribution in [0.2, 0.25) is 0 Å². The highest BCUT2D eigenvalue weighted by molar-refractivity contribution is 5.75. The molecule has 0 fully saturated rings. The third-order valence-electron chi connectivity index (χ3n) is 3.39. The summed E-state index contributed by atoms with van der Waals surface area (Å²) in [6.07, 6.45) is 3.01. The van der Waals surface area contributed by atoms with E-state index in [1.165, 1.54) is 11.1 Å². The summed E-state index contributed by atoms with van der Waals surface area (Å²) >= 11 is 0. The molecule has 1 atom stereocenters. The summed E-state index contributed by atoms with van der Waals surface area (Å²) in [5.74, 6) is 0. The van der Waals surface area contributed by atoms with Crippen molar-refractivity contribution >= 4 is 11.0 Å². The molecule has 0 aliphatic carbocycles. The van der Waals surface area contributed by atoms with E-state index in [1.807, 2.05) is 12.4 Å². The molecule has 90 valence electrons. The first-order valence-corrected chi connectivity index (χ1v) is 6.36. The minimum absolute atomic E-state index is 0.360. The topological polar surface area (TPSA) is 17.8 Å². The van der Waals surface area contributed by atoms with Crippen molar-refractivity contribution < 1.29 is 0 Å². The van der Waals surface area contributed by atoms with Gasteiger partial charge < -0.3 is 4.57 Å². The zero-order chi connectivity index (χ0) is 12.4. The van der Waals surface area contributed by atoms with Crippen LogP contribution in [0.15, 0.2) is 60.9 Å². The van der Waals surface area contributed by atoms with Gasteiger partial charge in [0, 0.05) is 0 Å². The fourth-order valence-corrected chi connectivity index (χ4v) is 2.49. The maximum Gasteiger partial charge on any atom is 0.0964 e. The molecule has 1 unspecified atom stereocenters. The van der Waals surface area contributed by atoms with Gasteiger partial charge >= 0.3 is 0 Å². The van der Waals surface area contributed by atoms with Gasteiger partial charge in [-0.3, -0.25) is 0 Å². The molecule has 2 heteroatoms. The average molecular weight is 236 g/mol. The van der Waals surface area contributed by atoms with Crippen molar-refractivity contribution in [2.45, 2.75) is 19.4 Å². The fraction of sp³-hybridized carbons (Fsp3) is 0.188. The Hall–Kier alpha value is -2.09. The Balaban J connectivity index is 2.12. The van der Waals surface area contributed by atoms with Gasteiger partial charge in [-0.05, 0) is 24.1 Å². The number of fused-ring (bicyclic) bond motifs is 1. The molecular weight excluding hydrogens is 220 g/mol. The quantitative estimate of drug-likeness (QED) is 0.671. The summed E-state index contributed by atoms with van der Waals surface area (Å²) in [5.41, 5.74) is 3.60. The molecule has 1 heterocycles. The molecule has 0 bridgehead atoms. The number of hydrogen-bond acceptors (Lipinski definition) is 1. The molecule has 2 nitrogen and oxygen atoms in total. The molecule has 18 heavy (non-hydrogen) atoms. The third-order valence-corrected chi connectivity index (χ3v) is 3.39. The first kappa shape index (κ1) is 11.0. The lowest BCUT2D eigenvalue weighted by molar-refractivity contribution is 0.581. The molecule has 0 spiro atoms. The SMILES string of the molecule is CCC(c1ccccc1)n1cnc2ccccc21. The average Bonchev–Trinajstić information content (AvgIpc) is 2.85. The summed E-state index contributed by atoms with van der Waals surface area (Å²) in [4.78, 5) is 4.48. The van der Waals surface area contributed by atoms with Crippen LogP contribution in [-0.4, -0.2) is 9.55 Å². The highest BCUT2D eigenvalue weighted by atomic mass is 15.1. The van der Waals surface area contributed by atoms with Crippen LogP contribution in [0.5, 0.6) is 0 Å². The first-order chi connectivity index (χ1) is 8.90. The minimum Gasteiger partial charge on any atom is -0.323 e. The number of aromatic nitrogens is 2. The van der Waals surface area contributed by atoms with E-state index in [1.54, 1.807) is 0 Å². The third kappa shape index (κ3) is 1.80. The summed E-state index contributed by atoms with van der Waals surface area (Å²) in [6.45, 7) is 2.21. The highest BCUT2D eigenvalue weighted by Crippen LogP contribution is 2.25. The Labute approximate surface area is 107 Å². The Bertz CT molecular complexity index is 640. The monoisotopic (exact) mass is 236 g/mol. The lowest BCUT2D eigenvalue weighted by atomic mass is 10.0. The van der Waals surface area contributed by atoms with E-state index >= 15 is 0 Å². The van der Waals surface area contributed by atoms with Crippen LogP contribution in [0.1, 0.15) is 24.9 Å². The lowest BCUT2D eigenvalue weighted by Crippen LogP contribution is -2.08. The number of nitrogens with zero attached hydrogens (tertiary/aromatic N) is 2. The van der Waals surface area contributed by atoms with Crippen LogP contribution >= 0.6 is 0 Å². The molecule has 0 N–H and O–H groups in total. The van der Waals surface area contributed by atoms with Gasteiger partial charge in [0.05, 0.1) is 23.4 Å². The zero-order valence-electron chi connectivity index (χ0n) is 10.5. The molecule has 1 aromatic heterocycles. The van der Waals surface area contributed by atoms with E-state index in [0.717, 1.165) is 11.9 Å². The van der Waals surface area contributed by atoms with E-state index in [0.29, 0.717) is 6.04 Å². The van der Waals surface area contributed by atoms with E-state index in [2.05, 4.69) is 65.0 Å². The van der Waals surface area contributed by atoms with Gasteiger partial charge in [0.15, 0.2) is 0 Å². The van der Waals surface area contributed by atoms with Crippen molar-refractivity contribution in [2.75, 3.05) is 0 Å². The molecule has 0 radical (unpaired) electrons. The molecule has 0 aliphatic heterocycles. The Kier molecular flexibility index (Phi) is 2.85. The van der Waals surface area contributed by atoms with E-state index in [-0.39, 0.29) is 0 Å². The maximum absolute atomic E-state index is 4.48. The van der Waals surface area contributed by atoms with Crippen LogP contribution in [0, 0.1) is 0 Å². The van der Waals surface area contributed by atoms with Gasteiger partial charge in [-0.15, -0.1) is 0 Å². The second kappa shape index (κ2) is 4.65. The van der Waals surface area contributed by atoms with Crippen molar-refractivity contribution in [3.05, 3.63) is 66.5 Å². The van der Waals surface area contributed by atoms with Crippen LogP contribution in [0.3, 0.4) is 0 Å². The number of hydrogen-bond donors (Lipinski definition) is 0. The summed E-state index contributed by atoms with van der Waals surface area (Å²) in [5, 5.41) is 0. The van der Waals surface area contributed by atoms with Gasteiger partial charge in [-0.25, -0.2) is 4.98 Å². The van der Waals surface area contributed by atoms with Crippen molar-refractivity contribution in [1.29, 1.82) is 0 Å². The van der Waals surface area contributed by atoms with Crippen LogP contribution in [-0.2, 0) is 0 Å². The minimum atomic E-state index is 0.360. The second-order valence-corrected chi connectivity index (χ2v) is 4.48. The van der Waals surface area contributed by atoms with Crippen molar-refractivity contribution in [3.63, 3.8) is 0 Å².